The number of fused-ring (bicyclic) bond motifs is 1. The lowest BCUT2D eigenvalue weighted by Crippen LogP contribution is -2.02. The van der Waals surface area contributed by atoms with E-state index in [1.54, 1.807) is 6.20 Å². The molecule has 0 aliphatic rings. The number of rotatable bonds is 3. The van der Waals surface area contributed by atoms with Crippen LogP contribution in [0.2, 0.25) is 0 Å². The van der Waals surface area contributed by atoms with Gasteiger partial charge in [-0.15, -0.1) is 0 Å². The Morgan fingerprint density at radius 3 is 3.13 bits per heavy atom. The lowest BCUT2D eigenvalue weighted by Gasteiger charge is -2.01. The SMILES string of the molecule is C/C=C\CCn1ncc2ncnc(N)c21. The minimum Gasteiger partial charge on any atom is -0.382 e. The van der Waals surface area contributed by atoms with E-state index in [-0.39, 0.29) is 0 Å². The highest BCUT2D eigenvalue weighted by atomic mass is 15.3. The smallest absolute Gasteiger partial charge is 0.153 e. The summed E-state index contributed by atoms with van der Waals surface area (Å²) in [7, 11) is 0. The largest absolute Gasteiger partial charge is 0.382 e. The van der Waals surface area contributed by atoms with Gasteiger partial charge in [0, 0.05) is 6.54 Å². The number of nitrogens with zero attached hydrogens (tertiary/aromatic N) is 4. The topological polar surface area (TPSA) is 69.6 Å². The number of hydrogen-bond donors (Lipinski definition) is 1. The zero-order valence-corrected chi connectivity index (χ0v) is 8.59. The van der Waals surface area contributed by atoms with Crippen LogP contribution < -0.4 is 5.73 Å². The number of nitrogen functional groups attached to an aromatic ring is 1. The van der Waals surface area contributed by atoms with Crippen molar-refractivity contribution in [3.8, 4) is 0 Å². The van der Waals surface area contributed by atoms with Crippen LogP contribution >= 0.6 is 0 Å². The van der Waals surface area contributed by atoms with Crippen molar-refractivity contribution in [2.75, 3.05) is 5.73 Å². The second kappa shape index (κ2) is 4.08. The maximum absolute atomic E-state index is 5.78. The van der Waals surface area contributed by atoms with Gasteiger partial charge in [0.2, 0.25) is 0 Å². The molecule has 0 spiro atoms. The molecule has 2 aromatic heterocycles. The minimum absolute atomic E-state index is 0.484. The van der Waals surface area contributed by atoms with Crippen LogP contribution in [0.1, 0.15) is 13.3 Å². The molecule has 15 heavy (non-hydrogen) atoms. The molecule has 0 aromatic carbocycles. The Bertz CT molecular complexity index is 486. The summed E-state index contributed by atoms with van der Waals surface area (Å²) in [5.41, 5.74) is 7.39. The molecule has 0 aliphatic heterocycles. The Balaban J connectivity index is 2.35. The lowest BCUT2D eigenvalue weighted by molar-refractivity contribution is 0.645. The van der Waals surface area contributed by atoms with Crippen LogP contribution in [0.25, 0.3) is 11.0 Å². The predicted molar refractivity (Wildman–Crippen MR) is 59.2 cm³/mol. The maximum Gasteiger partial charge on any atom is 0.153 e. The first-order chi connectivity index (χ1) is 7.33. The van der Waals surface area contributed by atoms with E-state index in [0.29, 0.717) is 5.82 Å². The van der Waals surface area contributed by atoms with E-state index in [2.05, 4.69) is 21.1 Å². The molecular weight excluding hydrogens is 190 g/mol. The molecule has 78 valence electrons. The fourth-order valence-electron chi connectivity index (χ4n) is 1.48. The molecular formula is C10H13N5. The molecule has 2 aromatic rings. The Kier molecular flexibility index (Phi) is 2.62. The number of nitrogens with two attached hydrogens (primary N) is 1. The summed E-state index contributed by atoms with van der Waals surface area (Å²) in [5.74, 6) is 0.484. The number of hydrogen-bond acceptors (Lipinski definition) is 4. The molecule has 0 radical (unpaired) electrons. The normalized spacial score (nSPS) is 11.5. The third-order valence-corrected chi connectivity index (χ3v) is 2.20. The number of aryl methyl sites for hydroxylation is 1. The van der Waals surface area contributed by atoms with Crippen LogP contribution in [-0.2, 0) is 6.54 Å². The van der Waals surface area contributed by atoms with E-state index < -0.39 is 0 Å². The molecule has 5 heteroatoms. The Morgan fingerprint density at radius 1 is 1.47 bits per heavy atom. The molecule has 0 amide bonds. The van der Waals surface area contributed by atoms with Crippen LogP contribution in [0.4, 0.5) is 5.82 Å². The molecule has 0 bridgehead atoms. The van der Waals surface area contributed by atoms with Crippen molar-refractivity contribution in [1.82, 2.24) is 19.7 Å². The van der Waals surface area contributed by atoms with Gasteiger partial charge in [-0.3, -0.25) is 4.68 Å². The third-order valence-electron chi connectivity index (χ3n) is 2.20. The van der Waals surface area contributed by atoms with Gasteiger partial charge in [0.15, 0.2) is 5.82 Å². The molecule has 2 N–H and O–H groups in total. The highest BCUT2D eigenvalue weighted by molar-refractivity contribution is 5.83. The predicted octanol–water partition coefficient (Wildman–Crippen LogP) is 1.37. The first kappa shape index (κ1) is 9.64. The summed E-state index contributed by atoms with van der Waals surface area (Å²) in [6.45, 7) is 2.80. The number of allylic oxidation sites excluding steroid dienone is 2. The maximum atomic E-state index is 5.78. The summed E-state index contributed by atoms with van der Waals surface area (Å²) in [6.07, 6.45) is 8.21. The van der Waals surface area contributed by atoms with Crippen LogP contribution in [0.3, 0.4) is 0 Å². The zero-order chi connectivity index (χ0) is 10.7. The third kappa shape index (κ3) is 1.81. The summed E-state index contributed by atoms with van der Waals surface area (Å²) < 4.78 is 1.84. The molecule has 0 fully saturated rings. The molecule has 0 unspecified atom stereocenters. The van der Waals surface area contributed by atoms with Crippen molar-refractivity contribution in [3.05, 3.63) is 24.7 Å². The second-order valence-electron chi connectivity index (χ2n) is 3.22. The monoisotopic (exact) mass is 203 g/mol. The van der Waals surface area contributed by atoms with E-state index in [1.165, 1.54) is 6.33 Å². The van der Waals surface area contributed by atoms with Gasteiger partial charge < -0.3 is 5.73 Å². The van der Waals surface area contributed by atoms with Gasteiger partial charge >= 0.3 is 0 Å². The Labute approximate surface area is 87.6 Å². The molecule has 0 aliphatic carbocycles. The van der Waals surface area contributed by atoms with Crippen LogP contribution in [-0.4, -0.2) is 19.7 Å². The standard InChI is InChI=1S/C10H13N5/c1-2-3-4-5-15-9-8(6-14-15)12-7-13-10(9)11/h2-3,6-7H,4-5H2,1H3,(H2,11,12,13)/b3-2-. The van der Waals surface area contributed by atoms with Gasteiger partial charge in [0.1, 0.15) is 17.4 Å². The Hall–Kier alpha value is -1.91. The van der Waals surface area contributed by atoms with E-state index in [4.69, 9.17) is 5.73 Å². The van der Waals surface area contributed by atoms with Gasteiger partial charge in [-0.2, -0.15) is 5.10 Å². The highest BCUT2D eigenvalue weighted by Crippen LogP contribution is 2.15. The minimum atomic E-state index is 0.484. The highest BCUT2D eigenvalue weighted by Gasteiger charge is 2.06. The lowest BCUT2D eigenvalue weighted by atomic mass is 10.3. The van der Waals surface area contributed by atoms with Crippen LogP contribution in [0, 0.1) is 0 Å². The van der Waals surface area contributed by atoms with Crippen molar-refractivity contribution in [1.29, 1.82) is 0 Å². The molecule has 2 heterocycles. The van der Waals surface area contributed by atoms with Gasteiger partial charge in [-0.05, 0) is 13.3 Å². The summed E-state index contributed by atoms with van der Waals surface area (Å²) in [5, 5.41) is 4.23. The van der Waals surface area contributed by atoms with Crippen LogP contribution in [0.15, 0.2) is 24.7 Å². The van der Waals surface area contributed by atoms with Crippen molar-refractivity contribution in [3.63, 3.8) is 0 Å². The van der Waals surface area contributed by atoms with E-state index in [9.17, 15) is 0 Å². The number of anilines is 1. The number of aromatic nitrogens is 4. The van der Waals surface area contributed by atoms with Crippen molar-refractivity contribution in [2.45, 2.75) is 19.9 Å². The average Bonchev–Trinajstić information content (AvgIpc) is 2.63. The second-order valence-corrected chi connectivity index (χ2v) is 3.22. The van der Waals surface area contributed by atoms with Gasteiger partial charge in [0.05, 0.1) is 6.20 Å². The first-order valence-corrected chi connectivity index (χ1v) is 4.86. The molecule has 0 saturated carbocycles. The quantitative estimate of drug-likeness (QED) is 0.765. The van der Waals surface area contributed by atoms with Gasteiger partial charge in [-0.1, -0.05) is 12.2 Å². The van der Waals surface area contributed by atoms with Crippen LogP contribution in [0.5, 0.6) is 0 Å². The average molecular weight is 203 g/mol. The molecule has 2 rings (SSSR count). The van der Waals surface area contributed by atoms with Crippen molar-refractivity contribution >= 4 is 16.9 Å². The molecule has 5 nitrogen and oxygen atoms in total. The fourth-order valence-corrected chi connectivity index (χ4v) is 1.48. The molecule has 0 saturated heterocycles. The van der Waals surface area contributed by atoms with E-state index >= 15 is 0 Å². The van der Waals surface area contributed by atoms with E-state index in [1.807, 2.05) is 17.7 Å². The summed E-state index contributed by atoms with van der Waals surface area (Å²) in [4.78, 5) is 8.05. The summed E-state index contributed by atoms with van der Waals surface area (Å²) >= 11 is 0. The first-order valence-electron chi connectivity index (χ1n) is 4.86. The van der Waals surface area contributed by atoms with Crippen molar-refractivity contribution < 1.29 is 0 Å². The van der Waals surface area contributed by atoms with Gasteiger partial charge in [-0.25, -0.2) is 9.97 Å². The van der Waals surface area contributed by atoms with E-state index in [0.717, 1.165) is 24.0 Å². The van der Waals surface area contributed by atoms with Gasteiger partial charge in [0.25, 0.3) is 0 Å². The Morgan fingerprint density at radius 2 is 2.33 bits per heavy atom. The zero-order valence-electron chi connectivity index (χ0n) is 8.59. The molecule has 0 atom stereocenters. The summed E-state index contributed by atoms with van der Waals surface area (Å²) in [6, 6.07) is 0. The fraction of sp³-hybridized carbons (Fsp3) is 0.300. The van der Waals surface area contributed by atoms with Crippen molar-refractivity contribution in [2.24, 2.45) is 0 Å².